The standard InChI is InChI=1S/C32H66O/c1-7-8-9-19-22-26-31(3,4)28-24-29-32(5,6)27-23-20-17-15-13-11-10-12-14-16-18-21-25-30(2)33/h30,33H,7-29H2,1-6H3. The summed E-state index contributed by atoms with van der Waals surface area (Å²) in [6.07, 6.45) is 31.8. The highest BCUT2D eigenvalue weighted by Crippen LogP contribution is 2.35. The minimum absolute atomic E-state index is 0.108. The van der Waals surface area contributed by atoms with Gasteiger partial charge in [-0.25, -0.2) is 0 Å². The lowest BCUT2D eigenvalue weighted by Crippen LogP contribution is -2.15. The van der Waals surface area contributed by atoms with Gasteiger partial charge in [-0.05, 0) is 49.9 Å². The normalized spacial score (nSPS) is 13.5. The molecule has 200 valence electrons. The van der Waals surface area contributed by atoms with E-state index in [0.29, 0.717) is 10.8 Å². The average Bonchev–Trinajstić information content (AvgIpc) is 2.73. The molecule has 0 aliphatic rings. The SMILES string of the molecule is CCCCCCCC(C)(C)CCCC(C)(C)CCCCCCCCCCCCCCC(C)O. The Kier molecular flexibility index (Phi) is 21.2. The Hall–Kier alpha value is -0.0400. The zero-order chi connectivity index (χ0) is 24.8. The van der Waals surface area contributed by atoms with Crippen LogP contribution < -0.4 is 0 Å². The van der Waals surface area contributed by atoms with E-state index in [9.17, 15) is 5.11 Å². The largest absolute Gasteiger partial charge is 0.393 e. The minimum Gasteiger partial charge on any atom is -0.393 e. The molecule has 1 unspecified atom stereocenters. The summed E-state index contributed by atoms with van der Waals surface area (Å²) in [6, 6.07) is 0. The van der Waals surface area contributed by atoms with Gasteiger partial charge in [-0.1, -0.05) is 150 Å². The second kappa shape index (κ2) is 21.3. The summed E-state index contributed by atoms with van der Waals surface area (Å²) in [5, 5.41) is 9.27. The monoisotopic (exact) mass is 467 g/mol. The second-order valence-corrected chi connectivity index (χ2v) is 13.0. The fourth-order valence-electron chi connectivity index (χ4n) is 5.31. The molecule has 0 spiro atoms. The number of hydrogen-bond donors (Lipinski definition) is 1. The molecule has 0 radical (unpaired) electrons. The van der Waals surface area contributed by atoms with Crippen LogP contribution in [0.25, 0.3) is 0 Å². The first kappa shape index (κ1) is 33.0. The Morgan fingerprint density at radius 1 is 0.455 bits per heavy atom. The van der Waals surface area contributed by atoms with E-state index in [2.05, 4.69) is 34.6 Å². The zero-order valence-corrected chi connectivity index (χ0v) is 24.3. The summed E-state index contributed by atoms with van der Waals surface area (Å²) in [4.78, 5) is 0. The summed E-state index contributed by atoms with van der Waals surface area (Å²) in [6.45, 7) is 14.2. The van der Waals surface area contributed by atoms with E-state index in [0.717, 1.165) is 6.42 Å². The van der Waals surface area contributed by atoms with Crippen molar-refractivity contribution in [2.75, 3.05) is 0 Å². The minimum atomic E-state index is -0.108. The molecule has 0 saturated carbocycles. The van der Waals surface area contributed by atoms with Crippen molar-refractivity contribution in [3.05, 3.63) is 0 Å². The fourth-order valence-corrected chi connectivity index (χ4v) is 5.31. The van der Waals surface area contributed by atoms with Crippen LogP contribution in [0.5, 0.6) is 0 Å². The summed E-state index contributed by atoms with van der Waals surface area (Å²) < 4.78 is 0. The first-order chi connectivity index (χ1) is 15.7. The molecule has 1 N–H and O–H groups in total. The predicted octanol–water partition coefficient (Wildman–Crippen LogP) is 11.4. The van der Waals surface area contributed by atoms with Gasteiger partial charge in [0.25, 0.3) is 0 Å². The summed E-state index contributed by atoms with van der Waals surface area (Å²) in [5.41, 5.74) is 1.08. The van der Waals surface area contributed by atoms with Gasteiger partial charge in [0, 0.05) is 0 Å². The Bertz CT molecular complexity index is 395. The maximum Gasteiger partial charge on any atom is 0.0512 e. The molecule has 0 rings (SSSR count). The smallest absolute Gasteiger partial charge is 0.0512 e. The Balaban J connectivity index is 3.52. The van der Waals surface area contributed by atoms with Gasteiger partial charge in [-0.2, -0.15) is 0 Å². The lowest BCUT2D eigenvalue weighted by molar-refractivity contribution is 0.180. The molecule has 0 aromatic rings. The van der Waals surface area contributed by atoms with Crippen LogP contribution >= 0.6 is 0 Å². The van der Waals surface area contributed by atoms with Gasteiger partial charge < -0.3 is 5.11 Å². The molecule has 0 aliphatic heterocycles. The van der Waals surface area contributed by atoms with E-state index in [-0.39, 0.29) is 6.10 Å². The maximum absolute atomic E-state index is 9.27. The first-order valence-corrected chi connectivity index (χ1v) is 15.4. The molecule has 0 aromatic carbocycles. The number of hydrogen-bond acceptors (Lipinski definition) is 1. The fraction of sp³-hybridized carbons (Fsp3) is 1.00. The number of rotatable bonds is 25. The van der Waals surface area contributed by atoms with Gasteiger partial charge in [0.15, 0.2) is 0 Å². The topological polar surface area (TPSA) is 20.2 Å². The summed E-state index contributed by atoms with van der Waals surface area (Å²) in [5.74, 6) is 0. The van der Waals surface area contributed by atoms with Crippen molar-refractivity contribution in [1.82, 2.24) is 0 Å². The van der Waals surface area contributed by atoms with Crippen molar-refractivity contribution < 1.29 is 5.11 Å². The van der Waals surface area contributed by atoms with E-state index in [1.807, 2.05) is 6.92 Å². The van der Waals surface area contributed by atoms with Crippen molar-refractivity contribution >= 4 is 0 Å². The van der Waals surface area contributed by atoms with Gasteiger partial charge in [0.05, 0.1) is 6.10 Å². The lowest BCUT2D eigenvalue weighted by Gasteiger charge is -2.29. The Morgan fingerprint density at radius 2 is 0.758 bits per heavy atom. The van der Waals surface area contributed by atoms with E-state index < -0.39 is 0 Å². The average molecular weight is 467 g/mol. The maximum atomic E-state index is 9.27. The third kappa shape index (κ3) is 24.9. The van der Waals surface area contributed by atoms with Crippen LogP contribution in [0, 0.1) is 10.8 Å². The van der Waals surface area contributed by atoms with Crippen molar-refractivity contribution in [2.24, 2.45) is 10.8 Å². The third-order valence-corrected chi connectivity index (χ3v) is 7.89. The molecule has 0 saturated heterocycles. The van der Waals surface area contributed by atoms with Gasteiger partial charge in [-0.15, -0.1) is 0 Å². The second-order valence-electron chi connectivity index (χ2n) is 13.0. The molecule has 1 atom stereocenters. The number of unbranched alkanes of at least 4 members (excludes halogenated alkanes) is 15. The molecule has 0 amide bonds. The molecule has 0 aliphatic carbocycles. The summed E-state index contributed by atoms with van der Waals surface area (Å²) >= 11 is 0. The van der Waals surface area contributed by atoms with Gasteiger partial charge in [0.1, 0.15) is 0 Å². The molecule has 1 nitrogen and oxygen atoms in total. The predicted molar refractivity (Wildman–Crippen MR) is 151 cm³/mol. The highest BCUT2D eigenvalue weighted by molar-refractivity contribution is 4.73. The van der Waals surface area contributed by atoms with Crippen LogP contribution in [0.3, 0.4) is 0 Å². The lowest BCUT2D eigenvalue weighted by atomic mass is 9.77. The van der Waals surface area contributed by atoms with E-state index in [1.165, 1.54) is 141 Å². The number of aliphatic hydroxyl groups is 1. The van der Waals surface area contributed by atoms with Crippen molar-refractivity contribution in [3.8, 4) is 0 Å². The Labute approximate surface area is 211 Å². The molecule has 0 fully saturated rings. The van der Waals surface area contributed by atoms with Crippen LogP contribution in [0.15, 0.2) is 0 Å². The first-order valence-electron chi connectivity index (χ1n) is 15.4. The zero-order valence-electron chi connectivity index (χ0n) is 24.3. The van der Waals surface area contributed by atoms with E-state index >= 15 is 0 Å². The van der Waals surface area contributed by atoms with Crippen molar-refractivity contribution in [1.29, 1.82) is 0 Å². The molecule has 1 heteroatoms. The molecular formula is C32H66O. The van der Waals surface area contributed by atoms with Crippen LogP contribution in [0.1, 0.15) is 189 Å². The van der Waals surface area contributed by atoms with Crippen molar-refractivity contribution in [2.45, 2.75) is 195 Å². The Morgan fingerprint density at radius 3 is 1.12 bits per heavy atom. The molecule has 33 heavy (non-hydrogen) atoms. The van der Waals surface area contributed by atoms with E-state index in [1.54, 1.807) is 0 Å². The highest BCUT2D eigenvalue weighted by Gasteiger charge is 2.21. The summed E-state index contributed by atoms with van der Waals surface area (Å²) in [7, 11) is 0. The van der Waals surface area contributed by atoms with Gasteiger partial charge >= 0.3 is 0 Å². The van der Waals surface area contributed by atoms with Gasteiger partial charge in [0.2, 0.25) is 0 Å². The van der Waals surface area contributed by atoms with Crippen LogP contribution in [-0.4, -0.2) is 11.2 Å². The van der Waals surface area contributed by atoms with Crippen LogP contribution in [0.4, 0.5) is 0 Å². The molecule has 0 heterocycles. The highest BCUT2D eigenvalue weighted by atomic mass is 16.3. The third-order valence-electron chi connectivity index (χ3n) is 7.89. The molecular weight excluding hydrogens is 400 g/mol. The molecule has 0 bridgehead atoms. The van der Waals surface area contributed by atoms with Crippen LogP contribution in [0.2, 0.25) is 0 Å². The van der Waals surface area contributed by atoms with Crippen LogP contribution in [-0.2, 0) is 0 Å². The molecule has 0 aromatic heterocycles. The quantitative estimate of drug-likeness (QED) is 0.133. The van der Waals surface area contributed by atoms with Crippen molar-refractivity contribution in [3.63, 3.8) is 0 Å². The van der Waals surface area contributed by atoms with E-state index in [4.69, 9.17) is 0 Å². The number of aliphatic hydroxyl groups excluding tert-OH is 1. The van der Waals surface area contributed by atoms with Gasteiger partial charge in [-0.3, -0.25) is 0 Å².